The molecule has 2 aromatic rings. The number of hydrogen-bond acceptors (Lipinski definition) is 3. The summed E-state index contributed by atoms with van der Waals surface area (Å²) in [6, 6.07) is 11.3. The van der Waals surface area contributed by atoms with Gasteiger partial charge in [-0.2, -0.15) is 0 Å². The first kappa shape index (κ1) is 12.3. The zero-order valence-electron chi connectivity index (χ0n) is 11.8. The number of aromatic nitrogens is 1. The van der Waals surface area contributed by atoms with Crippen molar-refractivity contribution in [2.45, 2.75) is 43.9 Å². The summed E-state index contributed by atoms with van der Waals surface area (Å²) in [6.07, 6.45) is 5.24. The zero-order chi connectivity index (χ0) is 13.7. The number of benzene rings is 1. The fourth-order valence-electron chi connectivity index (χ4n) is 3.56. The van der Waals surface area contributed by atoms with Crippen LogP contribution in [0.15, 0.2) is 36.5 Å². The topological polar surface area (TPSA) is 36.4 Å². The minimum Gasteiger partial charge on any atom is -0.384 e. The molecule has 0 amide bonds. The van der Waals surface area contributed by atoms with Gasteiger partial charge in [-0.3, -0.25) is 9.88 Å². The van der Waals surface area contributed by atoms with E-state index in [0.29, 0.717) is 12.1 Å². The highest BCUT2D eigenvalue weighted by atomic mass is 16.3. The summed E-state index contributed by atoms with van der Waals surface area (Å²) in [6.45, 7) is 2.98. The van der Waals surface area contributed by atoms with E-state index >= 15 is 0 Å². The molecule has 1 aliphatic carbocycles. The number of likely N-dealkylation sites (tertiary alicyclic amines) is 1. The van der Waals surface area contributed by atoms with Crippen molar-refractivity contribution in [1.29, 1.82) is 0 Å². The van der Waals surface area contributed by atoms with Crippen molar-refractivity contribution >= 4 is 10.9 Å². The van der Waals surface area contributed by atoms with Crippen LogP contribution in [-0.4, -0.2) is 33.6 Å². The van der Waals surface area contributed by atoms with E-state index in [0.717, 1.165) is 29.4 Å². The van der Waals surface area contributed by atoms with Crippen LogP contribution in [-0.2, 0) is 5.60 Å². The van der Waals surface area contributed by atoms with Crippen LogP contribution in [0.25, 0.3) is 10.9 Å². The Hall–Kier alpha value is -1.45. The minimum absolute atomic E-state index is 0.457. The highest BCUT2D eigenvalue weighted by molar-refractivity contribution is 5.78. The summed E-state index contributed by atoms with van der Waals surface area (Å²) >= 11 is 0. The number of rotatable bonds is 2. The van der Waals surface area contributed by atoms with Crippen molar-refractivity contribution in [3.8, 4) is 0 Å². The second-order valence-corrected chi connectivity index (χ2v) is 6.40. The SMILES string of the molecule is CC1CC(O)(c2cnc3ccccc3c2)CN1C1CC1. The van der Waals surface area contributed by atoms with Crippen LogP contribution in [0.3, 0.4) is 0 Å². The highest BCUT2D eigenvalue weighted by Crippen LogP contribution is 2.41. The average Bonchev–Trinajstić information content (AvgIpc) is 3.24. The number of pyridine rings is 1. The molecule has 2 heterocycles. The summed E-state index contributed by atoms with van der Waals surface area (Å²) in [7, 11) is 0. The number of para-hydroxylation sites is 1. The van der Waals surface area contributed by atoms with Crippen molar-refractivity contribution in [3.05, 3.63) is 42.1 Å². The standard InChI is InChI=1S/C17H20N2O/c1-12-9-17(20,11-19(12)15-6-7-15)14-8-13-4-2-3-5-16(13)18-10-14/h2-5,8,10,12,15,20H,6-7,9,11H2,1H3. The van der Waals surface area contributed by atoms with Gasteiger partial charge in [0.2, 0.25) is 0 Å². The molecule has 1 saturated heterocycles. The van der Waals surface area contributed by atoms with Crippen molar-refractivity contribution in [2.75, 3.05) is 6.54 Å². The molecule has 0 bridgehead atoms. The first-order valence-electron chi connectivity index (χ1n) is 7.49. The predicted octanol–water partition coefficient (Wildman–Crippen LogP) is 2.68. The summed E-state index contributed by atoms with van der Waals surface area (Å²) < 4.78 is 0. The second-order valence-electron chi connectivity index (χ2n) is 6.40. The van der Waals surface area contributed by atoms with E-state index in [9.17, 15) is 5.11 Å². The molecule has 1 N–H and O–H groups in total. The van der Waals surface area contributed by atoms with E-state index in [4.69, 9.17) is 0 Å². The lowest BCUT2D eigenvalue weighted by Gasteiger charge is -2.24. The van der Waals surface area contributed by atoms with Gasteiger partial charge in [-0.05, 0) is 38.3 Å². The van der Waals surface area contributed by atoms with E-state index < -0.39 is 5.60 Å². The first-order valence-corrected chi connectivity index (χ1v) is 7.49. The van der Waals surface area contributed by atoms with Gasteiger partial charge < -0.3 is 5.11 Å². The number of fused-ring (bicyclic) bond motifs is 1. The Kier molecular flexibility index (Phi) is 2.63. The largest absolute Gasteiger partial charge is 0.384 e. The number of β-amino-alcohol motifs (C(OH)–C–C–N with tert-alkyl or cyclic N) is 1. The number of nitrogens with zero attached hydrogens (tertiary/aromatic N) is 2. The van der Waals surface area contributed by atoms with Gasteiger partial charge in [-0.1, -0.05) is 18.2 Å². The summed E-state index contributed by atoms with van der Waals surface area (Å²) in [4.78, 5) is 6.97. The van der Waals surface area contributed by atoms with E-state index in [1.54, 1.807) is 0 Å². The third-order valence-corrected chi connectivity index (χ3v) is 4.79. The maximum absolute atomic E-state index is 11.1. The fourth-order valence-corrected chi connectivity index (χ4v) is 3.56. The Labute approximate surface area is 119 Å². The fraction of sp³-hybridized carbons (Fsp3) is 0.471. The van der Waals surface area contributed by atoms with Crippen LogP contribution in [0.4, 0.5) is 0 Å². The molecule has 0 spiro atoms. The van der Waals surface area contributed by atoms with Crippen molar-refractivity contribution in [1.82, 2.24) is 9.88 Å². The third-order valence-electron chi connectivity index (χ3n) is 4.79. The van der Waals surface area contributed by atoms with Gasteiger partial charge in [-0.15, -0.1) is 0 Å². The lowest BCUT2D eigenvalue weighted by atomic mass is 9.92. The second kappa shape index (κ2) is 4.27. The van der Waals surface area contributed by atoms with E-state index in [-0.39, 0.29) is 0 Å². The normalized spacial score (nSPS) is 31.0. The van der Waals surface area contributed by atoms with Crippen molar-refractivity contribution in [3.63, 3.8) is 0 Å². The Bertz CT molecular complexity index is 652. The van der Waals surface area contributed by atoms with Gasteiger partial charge in [0.1, 0.15) is 5.60 Å². The van der Waals surface area contributed by atoms with Gasteiger partial charge >= 0.3 is 0 Å². The lowest BCUT2D eigenvalue weighted by molar-refractivity contribution is 0.0450. The van der Waals surface area contributed by atoms with Gasteiger partial charge in [0.05, 0.1) is 5.52 Å². The molecular formula is C17H20N2O. The predicted molar refractivity (Wildman–Crippen MR) is 79.4 cm³/mol. The molecule has 104 valence electrons. The minimum atomic E-state index is -0.737. The van der Waals surface area contributed by atoms with E-state index in [1.807, 2.05) is 24.4 Å². The summed E-state index contributed by atoms with van der Waals surface area (Å²) in [5.74, 6) is 0. The molecule has 2 fully saturated rings. The van der Waals surface area contributed by atoms with E-state index in [1.165, 1.54) is 12.8 Å². The number of hydrogen-bond donors (Lipinski definition) is 1. The van der Waals surface area contributed by atoms with Crippen molar-refractivity contribution < 1.29 is 5.11 Å². The molecule has 1 aromatic heterocycles. The van der Waals surface area contributed by atoms with Gasteiger partial charge in [0, 0.05) is 35.8 Å². The van der Waals surface area contributed by atoms with Crippen LogP contribution in [0.2, 0.25) is 0 Å². The molecule has 1 saturated carbocycles. The van der Waals surface area contributed by atoms with Crippen LogP contribution in [0, 0.1) is 0 Å². The smallest absolute Gasteiger partial charge is 0.105 e. The molecule has 3 heteroatoms. The molecule has 0 radical (unpaired) electrons. The number of aliphatic hydroxyl groups is 1. The molecule has 1 aromatic carbocycles. The van der Waals surface area contributed by atoms with Gasteiger partial charge in [0.15, 0.2) is 0 Å². The Morgan fingerprint density at radius 1 is 1.30 bits per heavy atom. The monoisotopic (exact) mass is 268 g/mol. The molecular weight excluding hydrogens is 248 g/mol. The third kappa shape index (κ3) is 1.93. The Morgan fingerprint density at radius 2 is 2.10 bits per heavy atom. The summed E-state index contributed by atoms with van der Waals surface area (Å²) in [5, 5.41) is 12.2. The van der Waals surface area contributed by atoms with E-state index in [2.05, 4.69) is 28.9 Å². The molecule has 2 aliphatic rings. The summed E-state index contributed by atoms with van der Waals surface area (Å²) in [5.41, 5.74) is 1.22. The maximum atomic E-state index is 11.1. The van der Waals surface area contributed by atoms with Crippen LogP contribution in [0.1, 0.15) is 31.7 Å². The Balaban J connectivity index is 1.70. The molecule has 4 rings (SSSR count). The Morgan fingerprint density at radius 3 is 2.90 bits per heavy atom. The first-order chi connectivity index (χ1) is 9.66. The van der Waals surface area contributed by atoms with Gasteiger partial charge in [-0.25, -0.2) is 0 Å². The average molecular weight is 268 g/mol. The van der Waals surface area contributed by atoms with Crippen LogP contribution < -0.4 is 0 Å². The zero-order valence-corrected chi connectivity index (χ0v) is 11.8. The molecule has 2 atom stereocenters. The lowest BCUT2D eigenvalue weighted by Crippen LogP contribution is -2.33. The highest BCUT2D eigenvalue weighted by Gasteiger charge is 2.47. The molecule has 2 unspecified atom stereocenters. The van der Waals surface area contributed by atoms with Crippen LogP contribution >= 0.6 is 0 Å². The molecule has 3 nitrogen and oxygen atoms in total. The van der Waals surface area contributed by atoms with Crippen molar-refractivity contribution in [2.24, 2.45) is 0 Å². The molecule has 20 heavy (non-hydrogen) atoms. The quantitative estimate of drug-likeness (QED) is 0.909. The van der Waals surface area contributed by atoms with Crippen LogP contribution in [0.5, 0.6) is 0 Å². The molecule has 1 aliphatic heterocycles. The maximum Gasteiger partial charge on any atom is 0.105 e. The van der Waals surface area contributed by atoms with Gasteiger partial charge in [0.25, 0.3) is 0 Å².